The van der Waals surface area contributed by atoms with Crippen molar-refractivity contribution in [3.63, 3.8) is 0 Å². The Balaban J connectivity index is 1.90. The molecule has 8 heteroatoms. The second-order valence-electron chi connectivity index (χ2n) is 5.97. The third-order valence-electron chi connectivity index (χ3n) is 4.05. The highest BCUT2D eigenvalue weighted by molar-refractivity contribution is 5.38. The van der Waals surface area contributed by atoms with E-state index in [1.807, 2.05) is 0 Å². The summed E-state index contributed by atoms with van der Waals surface area (Å²) in [5.41, 5.74) is 2.71. The van der Waals surface area contributed by atoms with E-state index in [0.29, 0.717) is 23.9 Å². The maximum atomic E-state index is 5.45. The lowest BCUT2D eigenvalue weighted by Crippen LogP contribution is -2.32. The molecule has 1 aliphatic carbocycles. The normalized spacial score (nSPS) is 20.4. The molecule has 4 N–H and O–H groups in total. The van der Waals surface area contributed by atoms with Gasteiger partial charge in [0.2, 0.25) is 17.8 Å². The van der Waals surface area contributed by atoms with Crippen molar-refractivity contribution < 1.29 is 0 Å². The van der Waals surface area contributed by atoms with Gasteiger partial charge < -0.3 is 5.32 Å². The number of aromatic nitrogens is 5. The molecule has 21 heavy (non-hydrogen) atoms. The van der Waals surface area contributed by atoms with Crippen LogP contribution in [0.4, 0.5) is 11.9 Å². The molecule has 0 radical (unpaired) electrons. The van der Waals surface area contributed by atoms with E-state index in [9.17, 15) is 0 Å². The van der Waals surface area contributed by atoms with Crippen LogP contribution in [0, 0.1) is 5.41 Å². The highest BCUT2D eigenvalue weighted by atomic mass is 15.4. The predicted octanol–water partition coefficient (Wildman–Crippen LogP) is 1.33. The molecule has 1 aliphatic rings. The Morgan fingerprint density at radius 3 is 2.71 bits per heavy atom. The summed E-state index contributed by atoms with van der Waals surface area (Å²) >= 11 is 0. The molecule has 2 aromatic rings. The summed E-state index contributed by atoms with van der Waals surface area (Å²) in [6.07, 6.45) is 8.62. The summed E-state index contributed by atoms with van der Waals surface area (Å²) in [6, 6.07) is 0.348. The van der Waals surface area contributed by atoms with Gasteiger partial charge in [-0.05, 0) is 18.3 Å². The van der Waals surface area contributed by atoms with E-state index in [4.69, 9.17) is 5.84 Å². The van der Waals surface area contributed by atoms with Crippen molar-refractivity contribution >= 4 is 11.9 Å². The summed E-state index contributed by atoms with van der Waals surface area (Å²) in [4.78, 5) is 17.0. The van der Waals surface area contributed by atoms with Gasteiger partial charge in [0.05, 0.1) is 0 Å². The van der Waals surface area contributed by atoms with Crippen molar-refractivity contribution in [2.45, 2.75) is 39.2 Å². The van der Waals surface area contributed by atoms with Crippen molar-refractivity contribution in [1.29, 1.82) is 0 Å². The summed E-state index contributed by atoms with van der Waals surface area (Å²) in [6.45, 7) is 4.52. The lowest BCUT2D eigenvalue weighted by atomic mass is 9.87. The Morgan fingerprint density at radius 1 is 1.29 bits per heavy atom. The summed E-state index contributed by atoms with van der Waals surface area (Å²) in [7, 11) is 0. The van der Waals surface area contributed by atoms with Crippen LogP contribution in [0.2, 0.25) is 0 Å². The van der Waals surface area contributed by atoms with E-state index < -0.39 is 0 Å². The summed E-state index contributed by atoms with van der Waals surface area (Å²) in [5.74, 6) is 6.78. The fourth-order valence-corrected chi connectivity index (χ4v) is 2.74. The first-order valence-electron chi connectivity index (χ1n) is 7.06. The molecule has 2 heterocycles. The minimum atomic E-state index is 0.234. The van der Waals surface area contributed by atoms with E-state index in [0.717, 1.165) is 6.42 Å². The first-order chi connectivity index (χ1) is 10.1. The number of imidazole rings is 1. The van der Waals surface area contributed by atoms with Gasteiger partial charge in [0.1, 0.15) is 6.33 Å². The predicted molar refractivity (Wildman–Crippen MR) is 79.8 cm³/mol. The van der Waals surface area contributed by atoms with Gasteiger partial charge in [-0.25, -0.2) is 10.8 Å². The second kappa shape index (κ2) is 5.28. The average Bonchev–Trinajstić information content (AvgIpc) is 3.09. The minimum absolute atomic E-state index is 0.234. The number of hydrazine groups is 1. The molecule has 0 spiro atoms. The number of hydrogen-bond donors (Lipinski definition) is 3. The van der Waals surface area contributed by atoms with Crippen molar-refractivity contribution in [1.82, 2.24) is 24.5 Å². The Labute approximate surface area is 123 Å². The first-order valence-corrected chi connectivity index (χ1v) is 7.06. The van der Waals surface area contributed by atoms with E-state index >= 15 is 0 Å². The number of anilines is 2. The molecule has 1 saturated carbocycles. The number of hydrogen-bond acceptors (Lipinski definition) is 7. The van der Waals surface area contributed by atoms with Crippen LogP contribution in [0.3, 0.4) is 0 Å². The fraction of sp³-hybridized carbons (Fsp3) is 0.538. The van der Waals surface area contributed by atoms with E-state index in [1.54, 1.807) is 23.3 Å². The standard InChI is InChI=1S/C13H20N8/c1-13(2)5-3-4-9(13)16-10-17-11(20-14)19-12(18-10)21-7-6-15-8-21/h6-9H,3-5,14H2,1-2H3,(H2,16,17,18,19,20). The molecular formula is C13H20N8. The smallest absolute Gasteiger partial charge is 0.243 e. The Bertz CT molecular complexity index is 607. The number of nitrogens with two attached hydrogens (primary N) is 1. The maximum absolute atomic E-state index is 5.45. The molecule has 0 saturated heterocycles. The maximum Gasteiger partial charge on any atom is 0.243 e. The Hall–Kier alpha value is -2.22. The van der Waals surface area contributed by atoms with E-state index in [2.05, 4.69) is 44.5 Å². The zero-order chi connectivity index (χ0) is 14.9. The number of nitrogens with zero attached hydrogens (tertiary/aromatic N) is 5. The summed E-state index contributed by atoms with van der Waals surface area (Å²) in [5, 5.41) is 3.42. The minimum Gasteiger partial charge on any atom is -0.351 e. The van der Waals surface area contributed by atoms with Crippen molar-refractivity contribution in [2.75, 3.05) is 10.7 Å². The fourth-order valence-electron chi connectivity index (χ4n) is 2.74. The SMILES string of the molecule is CC1(C)CCCC1Nc1nc(NN)nc(-n2ccnc2)n1. The Kier molecular flexibility index (Phi) is 3.46. The van der Waals surface area contributed by atoms with E-state index in [1.165, 1.54) is 12.8 Å². The molecule has 0 aromatic carbocycles. The first kappa shape index (κ1) is 13.7. The third-order valence-corrected chi connectivity index (χ3v) is 4.05. The van der Waals surface area contributed by atoms with Crippen molar-refractivity contribution in [3.8, 4) is 5.95 Å². The largest absolute Gasteiger partial charge is 0.351 e. The topological polar surface area (TPSA) is 107 Å². The van der Waals surface area contributed by atoms with Crippen LogP contribution >= 0.6 is 0 Å². The molecule has 1 atom stereocenters. The average molecular weight is 288 g/mol. The van der Waals surface area contributed by atoms with Crippen LogP contribution in [-0.2, 0) is 0 Å². The molecule has 0 amide bonds. The monoisotopic (exact) mass is 288 g/mol. The molecule has 8 nitrogen and oxygen atoms in total. The van der Waals surface area contributed by atoms with Crippen LogP contribution in [0.1, 0.15) is 33.1 Å². The van der Waals surface area contributed by atoms with Gasteiger partial charge in [0, 0.05) is 18.4 Å². The third kappa shape index (κ3) is 2.80. The van der Waals surface area contributed by atoms with Gasteiger partial charge in [0.25, 0.3) is 0 Å². The molecule has 2 aromatic heterocycles. The van der Waals surface area contributed by atoms with Gasteiger partial charge in [-0.1, -0.05) is 20.3 Å². The van der Waals surface area contributed by atoms with Crippen LogP contribution in [-0.4, -0.2) is 30.5 Å². The second-order valence-corrected chi connectivity index (χ2v) is 5.97. The van der Waals surface area contributed by atoms with Gasteiger partial charge in [-0.15, -0.1) is 0 Å². The lowest BCUT2D eigenvalue weighted by Gasteiger charge is -2.27. The molecular weight excluding hydrogens is 268 g/mol. The van der Waals surface area contributed by atoms with E-state index in [-0.39, 0.29) is 5.41 Å². The highest BCUT2D eigenvalue weighted by Crippen LogP contribution is 2.38. The molecule has 1 unspecified atom stereocenters. The zero-order valence-corrected chi connectivity index (χ0v) is 12.2. The van der Waals surface area contributed by atoms with Crippen LogP contribution < -0.4 is 16.6 Å². The van der Waals surface area contributed by atoms with Crippen molar-refractivity contribution in [3.05, 3.63) is 18.7 Å². The van der Waals surface area contributed by atoms with Crippen LogP contribution in [0.25, 0.3) is 5.95 Å². The molecule has 0 aliphatic heterocycles. The van der Waals surface area contributed by atoms with Gasteiger partial charge in [-0.2, -0.15) is 15.0 Å². The summed E-state index contributed by atoms with van der Waals surface area (Å²) < 4.78 is 1.72. The van der Waals surface area contributed by atoms with Crippen molar-refractivity contribution in [2.24, 2.45) is 11.3 Å². The lowest BCUT2D eigenvalue weighted by molar-refractivity contribution is 0.348. The van der Waals surface area contributed by atoms with Gasteiger partial charge in [0.15, 0.2) is 0 Å². The number of nitrogen functional groups attached to an aromatic ring is 1. The van der Waals surface area contributed by atoms with Crippen LogP contribution in [0.5, 0.6) is 0 Å². The molecule has 112 valence electrons. The van der Waals surface area contributed by atoms with Gasteiger partial charge >= 0.3 is 0 Å². The molecule has 0 bridgehead atoms. The molecule has 3 rings (SSSR count). The van der Waals surface area contributed by atoms with Gasteiger partial charge in [-0.3, -0.25) is 9.99 Å². The Morgan fingerprint density at radius 2 is 2.10 bits per heavy atom. The quantitative estimate of drug-likeness (QED) is 0.575. The highest BCUT2D eigenvalue weighted by Gasteiger charge is 2.34. The molecule has 1 fully saturated rings. The number of rotatable bonds is 4. The van der Waals surface area contributed by atoms with Crippen LogP contribution in [0.15, 0.2) is 18.7 Å². The number of nitrogens with one attached hydrogen (secondary N) is 2. The zero-order valence-electron chi connectivity index (χ0n) is 12.2.